The first-order valence-corrected chi connectivity index (χ1v) is 20.4. The zero-order valence-electron chi connectivity index (χ0n) is 23.1. The number of carbonyl (C=O) groups excluding carboxylic acids is 2. The Morgan fingerprint density at radius 3 is 1.75 bits per heavy atom. The summed E-state index contributed by atoms with van der Waals surface area (Å²) in [5, 5.41) is 0.316. The van der Waals surface area contributed by atoms with Crippen LogP contribution in [0.2, 0.25) is 39.3 Å². The minimum absolute atomic E-state index is 0.00855. The van der Waals surface area contributed by atoms with Crippen LogP contribution in [0, 0.1) is 5.92 Å². The third kappa shape index (κ3) is 4.92. The van der Waals surface area contributed by atoms with Gasteiger partial charge in [-0.05, 0) is 23.5 Å². The van der Waals surface area contributed by atoms with E-state index in [4.69, 9.17) is 4.74 Å². The van der Waals surface area contributed by atoms with Gasteiger partial charge in [0.25, 0.3) is 0 Å². The molecule has 0 aliphatic carbocycles. The largest absolute Gasteiger partial charge is 0.439 e. The van der Waals surface area contributed by atoms with Gasteiger partial charge in [0.05, 0.1) is 22.2 Å². The molecule has 2 fully saturated rings. The molecule has 0 radical (unpaired) electrons. The van der Waals surface area contributed by atoms with Gasteiger partial charge in [0.15, 0.2) is 6.10 Å². The van der Waals surface area contributed by atoms with E-state index in [0.717, 1.165) is 17.5 Å². The molecule has 7 heteroatoms. The Hall–Kier alpha value is -2.39. The summed E-state index contributed by atoms with van der Waals surface area (Å²) < 4.78 is 6.05. The molecule has 0 unspecified atom stereocenters. The fourth-order valence-corrected chi connectivity index (χ4v) is 19.4. The van der Waals surface area contributed by atoms with Crippen molar-refractivity contribution in [1.29, 1.82) is 0 Å². The molecule has 2 aromatic carbocycles. The highest BCUT2D eigenvalue weighted by molar-refractivity contribution is 6.96. The number of amides is 2. The van der Waals surface area contributed by atoms with Crippen LogP contribution in [0.5, 0.6) is 0 Å². The summed E-state index contributed by atoms with van der Waals surface area (Å²) in [5.41, 5.74) is 1.95. The fraction of sp³-hybridized carbons (Fsp3) is 0.517. The second-order valence-corrected chi connectivity index (χ2v) is 24.1. The number of hydrogen-bond donors (Lipinski definition) is 0. The molecule has 0 aromatic heterocycles. The minimum atomic E-state index is -1.69. The van der Waals surface area contributed by atoms with E-state index >= 15 is 0 Å². The maximum absolute atomic E-state index is 14.2. The minimum Gasteiger partial charge on any atom is -0.439 e. The number of cyclic esters (lactones) is 1. The number of β-lactam (4-membered cyclic amide) rings is 1. The Morgan fingerprint density at radius 2 is 1.28 bits per heavy atom. The monoisotopic (exact) mass is 522 g/mol. The third-order valence-corrected chi connectivity index (χ3v) is 16.5. The van der Waals surface area contributed by atoms with Crippen molar-refractivity contribution < 1.29 is 14.3 Å². The van der Waals surface area contributed by atoms with Crippen molar-refractivity contribution in [2.24, 2.45) is 5.92 Å². The van der Waals surface area contributed by atoms with E-state index < -0.39 is 28.3 Å². The zero-order valence-corrected chi connectivity index (χ0v) is 25.1. The molecule has 2 aliphatic rings. The van der Waals surface area contributed by atoms with Crippen LogP contribution in [0.15, 0.2) is 60.7 Å². The van der Waals surface area contributed by atoms with Crippen molar-refractivity contribution in [3.05, 3.63) is 71.8 Å². The number of hydrogen-bond acceptors (Lipinski definition) is 3. The van der Waals surface area contributed by atoms with Gasteiger partial charge in [-0.2, -0.15) is 0 Å². The molecule has 0 bridgehead atoms. The Balaban J connectivity index is 1.78. The van der Waals surface area contributed by atoms with E-state index in [1.54, 1.807) is 4.90 Å². The van der Waals surface area contributed by atoms with Crippen molar-refractivity contribution >= 4 is 28.1 Å². The summed E-state index contributed by atoms with van der Waals surface area (Å²) in [6.07, 6.45) is 0.0397. The lowest BCUT2D eigenvalue weighted by atomic mass is 9.85. The Morgan fingerprint density at radius 1 is 0.778 bits per heavy atom. The first kappa shape index (κ1) is 26.7. The summed E-state index contributed by atoms with van der Waals surface area (Å²) in [5.74, 6) is 0.512. The van der Waals surface area contributed by atoms with Gasteiger partial charge in [-0.15, -0.1) is 0 Å². The molecule has 4 atom stereocenters. The van der Waals surface area contributed by atoms with Crippen molar-refractivity contribution in [3.63, 3.8) is 0 Å². The van der Waals surface area contributed by atoms with Crippen molar-refractivity contribution in [3.8, 4) is 0 Å². The molecule has 0 spiro atoms. The summed E-state index contributed by atoms with van der Waals surface area (Å²) in [7, 11) is -3.38. The Bertz CT molecular complexity index is 1070. The van der Waals surface area contributed by atoms with Crippen LogP contribution in [0.25, 0.3) is 0 Å². The zero-order chi connectivity index (χ0) is 26.4. The van der Waals surface area contributed by atoms with Crippen molar-refractivity contribution in [1.82, 2.24) is 9.80 Å². The van der Waals surface area contributed by atoms with E-state index in [2.05, 4.69) is 58.0 Å². The molecule has 4 rings (SSSR count). The third-order valence-electron chi connectivity index (χ3n) is 7.45. The average Bonchev–Trinajstić information content (AvgIpc) is 3.13. The smallest absolute Gasteiger partial charge is 0.411 e. The average molecular weight is 523 g/mol. The second kappa shape index (κ2) is 9.82. The van der Waals surface area contributed by atoms with Crippen molar-refractivity contribution in [2.75, 3.05) is 0 Å². The SMILES string of the molecule is CC(C)C[C@@H]1[C@H](N2C(=O)O[C@H](c3ccccc3)[C@@H]2c2ccccc2)C(=O)N1C([Si](C)(C)C)[Si](C)(C)C. The van der Waals surface area contributed by atoms with Gasteiger partial charge >= 0.3 is 6.09 Å². The van der Waals surface area contributed by atoms with E-state index in [1.807, 2.05) is 60.7 Å². The highest BCUT2D eigenvalue weighted by atomic mass is 28.4. The topological polar surface area (TPSA) is 49.9 Å². The van der Waals surface area contributed by atoms with Gasteiger partial charge in [0, 0.05) is 5.29 Å². The lowest BCUT2D eigenvalue weighted by Gasteiger charge is -2.59. The predicted octanol–water partition coefficient (Wildman–Crippen LogP) is 6.67. The second-order valence-electron chi connectivity index (χ2n) is 13.0. The number of likely N-dealkylation sites (tertiary alicyclic amines) is 1. The van der Waals surface area contributed by atoms with Gasteiger partial charge in [-0.3, -0.25) is 9.69 Å². The molecule has 2 aromatic rings. The van der Waals surface area contributed by atoms with Crippen molar-refractivity contribution in [2.45, 2.75) is 89.1 Å². The predicted molar refractivity (Wildman–Crippen MR) is 151 cm³/mol. The standard InChI is InChI=1S/C29H42N2O3Si2/c1-20(2)19-23-25(27(32)30(23)29(35(3,4)5)36(6,7)8)31-24(21-15-11-9-12-16-21)26(34-28(31)33)22-17-13-10-14-18-22/h9-18,20,23-26,29H,19H2,1-8H3/t23-,24+,25+,26-/m1/s1. The van der Waals surface area contributed by atoms with E-state index in [-0.39, 0.29) is 24.1 Å². The van der Waals surface area contributed by atoms with Crippen LogP contribution in [-0.2, 0) is 9.53 Å². The van der Waals surface area contributed by atoms with Crippen LogP contribution in [-0.4, -0.2) is 55.3 Å². The van der Waals surface area contributed by atoms with Gasteiger partial charge in [0.2, 0.25) is 5.91 Å². The van der Waals surface area contributed by atoms with Gasteiger partial charge in [0.1, 0.15) is 12.1 Å². The lowest BCUT2D eigenvalue weighted by molar-refractivity contribution is -0.159. The molecule has 194 valence electrons. The Kier molecular flexibility index (Phi) is 7.27. The maximum Gasteiger partial charge on any atom is 0.411 e. The number of rotatable bonds is 8. The summed E-state index contributed by atoms with van der Waals surface area (Å²) >= 11 is 0. The molecule has 2 amide bonds. The molecule has 2 heterocycles. The molecule has 36 heavy (non-hydrogen) atoms. The Labute approximate surface area is 218 Å². The summed E-state index contributed by atoms with van der Waals surface area (Å²) in [6, 6.07) is 19.1. The van der Waals surface area contributed by atoms with Gasteiger partial charge in [-0.25, -0.2) is 4.79 Å². The van der Waals surface area contributed by atoms with Crippen LogP contribution < -0.4 is 0 Å². The van der Waals surface area contributed by atoms with E-state index in [0.29, 0.717) is 11.2 Å². The van der Waals surface area contributed by atoms with Crippen LogP contribution >= 0.6 is 0 Å². The molecule has 0 saturated carbocycles. The molecule has 0 N–H and O–H groups in total. The summed E-state index contributed by atoms with van der Waals surface area (Å²) in [4.78, 5) is 31.7. The molecule has 5 nitrogen and oxygen atoms in total. The maximum atomic E-state index is 14.2. The number of nitrogens with zero attached hydrogens (tertiary/aromatic N) is 2. The first-order chi connectivity index (χ1) is 16.8. The number of carbonyl (C=O) groups is 2. The van der Waals surface area contributed by atoms with Crippen LogP contribution in [0.1, 0.15) is 43.5 Å². The van der Waals surface area contributed by atoms with Gasteiger partial charge < -0.3 is 9.64 Å². The highest BCUT2D eigenvalue weighted by Crippen LogP contribution is 2.48. The van der Waals surface area contributed by atoms with Crippen LogP contribution in [0.4, 0.5) is 4.79 Å². The number of ether oxygens (including phenoxy) is 1. The quantitative estimate of drug-likeness (QED) is 0.287. The fourth-order valence-electron chi connectivity index (χ4n) is 6.69. The molecule has 2 saturated heterocycles. The molecule has 2 aliphatic heterocycles. The lowest BCUT2D eigenvalue weighted by Crippen LogP contribution is -2.79. The molecular formula is C29H42N2O3Si2. The first-order valence-electron chi connectivity index (χ1n) is 13.2. The van der Waals surface area contributed by atoms with Gasteiger partial charge in [-0.1, -0.05) is 114 Å². The van der Waals surface area contributed by atoms with E-state index in [9.17, 15) is 9.59 Å². The highest BCUT2D eigenvalue weighted by Gasteiger charge is 2.62. The molecular weight excluding hydrogens is 481 g/mol. The summed E-state index contributed by atoms with van der Waals surface area (Å²) in [6.45, 7) is 18.7. The normalized spacial score (nSPS) is 24.9. The van der Waals surface area contributed by atoms with E-state index in [1.165, 1.54) is 0 Å². The van der Waals surface area contributed by atoms with Crippen LogP contribution in [0.3, 0.4) is 0 Å². The number of benzene rings is 2.